The van der Waals surface area contributed by atoms with Gasteiger partial charge in [-0.15, -0.1) is 0 Å². The summed E-state index contributed by atoms with van der Waals surface area (Å²) >= 11 is 0. The van der Waals surface area contributed by atoms with E-state index in [0.717, 1.165) is 18.4 Å². The summed E-state index contributed by atoms with van der Waals surface area (Å²) in [6.07, 6.45) is 1.34. The van der Waals surface area contributed by atoms with Crippen molar-refractivity contribution in [3.8, 4) is 0 Å². The first-order valence-electron chi connectivity index (χ1n) is 5.74. The third-order valence-corrected chi connectivity index (χ3v) is 3.18. The Balaban J connectivity index is 2.00. The van der Waals surface area contributed by atoms with E-state index in [1.165, 1.54) is 6.07 Å². The van der Waals surface area contributed by atoms with Crippen molar-refractivity contribution in [1.82, 2.24) is 5.32 Å². The first-order chi connectivity index (χ1) is 8.06. The smallest absolute Gasteiger partial charge is 0.269 e. The average Bonchev–Trinajstić information content (AvgIpc) is 2.27. The van der Waals surface area contributed by atoms with Gasteiger partial charge in [0, 0.05) is 24.2 Å². The Morgan fingerprint density at radius 3 is 2.82 bits per heavy atom. The molecule has 1 saturated carbocycles. The van der Waals surface area contributed by atoms with Crippen LogP contribution in [0.3, 0.4) is 0 Å². The molecule has 0 saturated heterocycles. The number of nitro benzene ring substituents is 1. The number of benzene rings is 1. The second-order valence-corrected chi connectivity index (χ2v) is 4.56. The van der Waals surface area contributed by atoms with Gasteiger partial charge in [-0.1, -0.05) is 12.1 Å². The highest BCUT2D eigenvalue weighted by molar-refractivity contribution is 5.35. The molecule has 5 heteroatoms. The number of hydrogen-bond donors (Lipinski definition) is 2. The summed E-state index contributed by atoms with van der Waals surface area (Å²) in [7, 11) is 0. The van der Waals surface area contributed by atoms with Gasteiger partial charge in [0.05, 0.1) is 11.0 Å². The van der Waals surface area contributed by atoms with E-state index in [1.807, 2.05) is 13.0 Å². The fourth-order valence-corrected chi connectivity index (χ4v) is 2.08. The molecule has 1 aromatic carbocycles. The number of non-ortho nitro benzene ring substituents is 1. The van der Waals surface area contributed by atoms with Crippen molar-refractivity contribution in [3.63, 3.8) is 0 Å². The third kappa shape index (κ3) is 2.81. The van der Waals surface area contributed by atoms with Crippen LogP contribution in [0.1, 0.15) is 31.4 Å². The normalized spacial score (nSPS) is 25.1. The minimum atomic E-state index is -0.386. The number of hydrogen-bond acceptors (Lipinski definition) is 4. The van der Waals surface area contributed by atoms with Gasteiger partial charge >= 0.3 is 0 Å². The molecule has 17 heavy (non-hydrogen) atoms. The molecule has 1 unspecified atom stereocenters. The molecule has 0 spiro atoms. The molecule has 1 aliphatic rings. The Kier molecular flexibility index (Phi) is 3.40. The van der Waals surface area contributed by atoms with Gasteiger partial charge in [-0.25, -0.2) is 0 Å². The van der Waals surface area contributed by atoms with Crippen LogP contribution in [-0.4, -0.2) is 22.2 Å². The molecule has 0 amide bonds. The highest BCUT2D eigenvalue weighted by atomic mass is 16.6. The lowest BCUT2D eigenvalue weighted by Gasteiger charge is -2.34. The van der Waals surface area contributed by atoms with Crippen LogP contribution >= 0.6 is 0 Å². The van der Waals surface area contributed by atoms with Crippen molar-refractivity contribution in [2.75, 3.05) is 0 Å². The van der Waals surface area contributed by atoms with Crippen LogP contribution in [0.25, 0.3) is 0 Å². The van der Waals surface area contributed by atoms with Gasteiger partial charge in [0.25, 0.3) is 5.69 Å². The molecule has 0 aromatic heterocycles. The SMILES string of the molecule is CC(NC1CC(O)C1)c1cccc([N+](=O)[O-])c1. The molecule has 2 N–H and O–H groups in total. The maximum Gasteiger partial charge on any atom is 0.269 e. The molecule has 1 atom stereocenters. The maximum absolute atomic E-state index is 10.7. The first kappa shape index (κ1) is 12.0. The first-order valence-corrected chi connectivity index (χ1v) is 5.74. The monoisotopic (exact) mass is 236 g/mol. The molecule has 2 rings (SSSR count). The highest BCUT2D eigenvalue weighted by Gasteiger charge is 2.28. The molecule has 0 heterocycles. The van der Waals surface area contributed by atoms with Crippen LogP contribution in [-0.2, 0) is 0 Å². The number of rotatable bonds is 4. The van der Waals surface area contributed by atoms with Crippen LogP contribution in [0.2, 0.25) is 0 Å². The summed E-state index contributed by atoms with van der Waals surface area (Å²) in [5.74, 6) is 0. The zero-order valence-electron chi connectivity index (χ0n) is 9.67. The Labute approximate surface area is 99.6 Å². The van der Waals surface area contributed by atoms with E-state index < -0.39 is 0 Å². The lowest BCUT2D eigenvalue weighted by molar-refractivity contribution is -0.384. The fraction of sp³-hybridized carbons (Fsp3) is 0.500. The molecule has 0 aliphatic heterocycles. The Hall–Kier alpha value is -1.46. The predicted molar refractivity (Wildman–Crippen MR) is 63.7 cm³/mol. The fourth-order valence-electron chi connectivity index (χ4n) is 2.08. The van der Waals surface area contributed by atoms with Crippen molar-refractivity contribution in [2.24, 2.45) is 0 Å². The summed E-state index contributed by atoms with van der Waals surface area (Å²) in [6, 6.07) is 7.03. The van der Waals surface area contributed by atoms with Gasteiger partial charge in [0.2, 0.25) is 0 Å². The van der Waals surface area contributed by atoms with Crippen molar-refractivity contribution < 1.29 is 10.0 Å². The van der Waals surface area contributed by atoms with Crippen molar-refractivity contribution in [2.45, 2.75) is 38.0 Å². The van der Waals surface area contributed by atoms with E-state index in [9.17, 15) is 15.2 Å². The molecule has 5 nitrogen and oxygen atoms in total. The summed E-state index contributed by atoms with van der Waals surface area (Å²) in [5.41, 5.74) is 1.02. The highest BCUT2D eigenvalue weighted by Crippen LogP contribution is 2.25. The van der Waals surface area contributed by atoms with Crippen LogP contribution in [0, 0.1) is 10.1 Å². The summed E-state index contributed by atoms with van der Waals surface area (Å²) in [4.78, 5) is 10.3. The quantitative estimate of drug-likeness (QED) is 0.617. The number of nitrogens with one attached hydrogen (secondary N) is 1. The van der Waals surface area contributed by atoms with Gasteiger partial charge in [-0.3, -0.25) is 10.1 Å². The predicted octanol–water partition coefficient (Wildman–Crippen LogP) is 1.77. The summed E-state index contributed by atoms with van der Waals surface area (Å²) < 4.78 is 0. The molecule has 1 aromatic rings. The van der Waals surface area contributed by atoms with Crippen molar-refractivity contribution in [3.05, 3.63) is 39.9 Å². The topological polar surface area (TPSA) is 75.4 Å². The number of nitro groups is 1. The van der Waals surface area contributed by atoms with Gasteiger partial charge in [-0.2, -0.15) is 0 Å². The van der Waals surface area contributed by atoms with Crippen molar-refractivity contribution >= 4 is 5.69 Å². The summed E-state index contributed by atoms with van der Waals surface area (Å²) in [6.45, 7) is 1.98. The minimum absolute atomic E-state index is 0.0624. The Bertz CT molecular complexity index is 416. The molecular formula is C12H16N2O3. The molecule has 0 bridgehead atoms. The lowest BCUT2D eigenvalue weighted by atomic mass is 9.88. The van der Waals surface area contributed by atoms with E-state index in [4.69, 9.17) is 0 Å². The summed E-state index contributed by atoms with van der Waals surface area (Å²) in [5, 5.41) is 23.2. The van der Waals surface area contributed by atoms with Crippen LogP contribution < -0.4 is 5.32 Å². The Morgan fingerprint density at radius 2 is 2.24 bits per heavy atom. The van der Waals surface area contributed by atoms with Gasteiger partial charge in [0.15, 0.2) is 0 Å². The van der Waals surface area contributed by atoms with Crippen LogP contribution in [0.4, 0.5) is 5.69 Å². The standard InChI is InChI=1S/C12H16N2O3/c1-8(13-10-6-12(15)7-10)9-3-2-4-11(5-9)14(16)17/h2-5,8,10,12-13,15H,6-7H2,1H3. The van der Waals surface area contributed by atoms with Crippen LogP contribution in [0.15, 0.2) is 24.3 Å². The Morgan fingerprint density at radius 1 is 1.53 bits per heavy atom. The molecule has 92 valence electrons. The average molecular weight is 236 g/mol. The van der Waals surface area contributed by atoms with Gasteiger partial charge in [0.1, 0.15) is 0 Å². The van der Waals surface area contributed by atoms with Crippen molar-refractivity contribution in [1.29, 1.82) is 0 Å². The number of aliphatic hydroxyl groups is 1. The molecule has 1 aliphatic carbocycles. The number of aliphatic hydroxyl groups excluding tert-OH is 1. The van der Waals surface area contributed by atoms with E-state index in [1.54, 1.807) is 12.1 Å². The minimum Gasteiger partial charge on any atom is -0.393 e. The second kappa shape index (κ2) is 4.81. The van der Waals surface area contributed by atoms with E-state index >= 15 is 0 Å². The largest absolute Gasteiger partial charge is 0.393 e. The zero-order valence-corrected chi connectivity index (χ0v) is 9.67. The van der Waals surface area contributed by atoms with E-state index in [0.29, 0.717) is 6.04 Å². The maximum atomic E-state index is 10.7. The zero-order chi connectivity index (χ0) is 12.4. The molecule has 1 fully saturated rings. The second-order valence-electron chi connectivity index (χ2n) is 4.56. The third-order valence-electron chi connectivity index (χ3n) is 3.18. The van der Waals surface area contributed by atoms with Gasteiger partial charge < -0.3 is 10.4 Å². The molecular weight excluding hydrogens is 220 g/mol. The number of nitrogens with zero attached hydrogens (tertiary/aromatic N) is 1. The van der Waals surface area contributed by atoms with E-state index in [2.05, 4.69) is 5.32 Å². The van der Waals surface area contributed by atoms with E-state index in [-0.39, 0.29) is 22.8 Å². The lowest BCUT2D eigenvalue weighted by Crippen LogP contribution is -2.45. The van der Waals surface area contributed by atoms with Gasteiger partial charge in [-0.05, 0) is 25.3 Å². The van der Waals surface area contributed by atoms with Crippen LogP contribution in [0.5, 0.6) is 0 Å². The molecule has 0 radical (unpaired) electrons.